The molecule has 2 N–H and O–H groups in total. The first-order valence-electron chi connectivity index (χ1n) is 10.2. The molecule has 1 fully saturated rings. The van der Waals surface area contributed by atoms with Crippen LogP contribution in [0.2, 0.25) is 0 Å². The maximum Gasteiger partial charge on any atom is 0.279 e. The number of anilines is 1. The lowest BCUT2D eigenvalue weighted by atomic mass is 10.1. The van der Waals surface area contributed by atoms with E-state index in [4.69, 9.17) is 0 Å². The summed E-state index contributed by atoms with van der Waals surface area (Å²) in [6.07, 6.45) is 3.14. The summed E-state index contributed by atoms with van der Waals surface area (Å²) in [5, 5.41) is 13.7. The summed E-state index contributed by atoms with van der Waals surface area (Å²) >= 11 is 0. The molecule has 1 saturated heterocycles. The molecule has 8 heteroatoms. The van der Waals surface area contributed by atoms with Crippen molar-refractivity contribution in [2.75, 3.05) is 38.0 Å². The second kappa shape index (κ2) is 9.99. The summed E-state index contributed by atoms with van der Waals surface area (Å²) in [6, 6.07) is 12.0. The number of carbonyl (C=O) groups is 2. The fourth-order valence-electron chi connectivity index (χ4n) is 3.62. The van der Waals surface area contributed by atoms with Crippen LogP contribution in [0.3, 0.4) is 0 Å². The molecule has 31 heavy (non-hydrogen) atoms. The fourth-order valence-corrected chi connectivity index (χ4v) is 3.62. The van der Waals surface area contributed by atoms with Crippen LogP contribution in [0.15, 0.2) is 48.5 Å². The van der Waals surface area contributed by atoms with Gasteiger partial charge in [0.1, 0.15) is 0 Å². The normalized spacial score (nSPS) is 14.6. The Morgan fingerprint density at radius 3 is 2.29 bits per heavy atom. The lowest BCUT2D eigenvalue weighted by molar-refractivity contribution is -0.895. The number of aryl methyl sites for hydroxylation is 2. The van der Waals surface area contributed by atoms with Crippen molar-refractivity contribution in [2.45, 2.75) is 13.8 Å². The van der Waals surface area contributed by atoms with Gasteiger partial charge in [0.05, 0.1) is 31.1 Å². The number of amides is 2. The van der Waals surface area contributed by atoms with E-state index in [1.165, 1.54) is 18.2 Å². The summed E-state index contributed by atoms with van der Waals surface area (Å²) in [7, 11) is 0. The van der Waals surface area contributed by atoms with Crippen LogP contribution in [-0.2, 0) is 9.59 Å². The van der Waals surface area contributed by atoms with E-state index in [9.17, 15) is 19.7 Å². The molecular weight excluding hydrogens is 396 g/mol. The van der Waals surface area contributed by atoms with E-state index in [1.807, 2.05) is 32.0 Å². The molecule has 162 valence electrons. The zero-order valence-corrected chi connectivity index (χ0v) is 17.8. The van der Waals surface area contributed by atoms with Gasteiger partial charge in [0.15, 0.2) is 6.54 Å². The topological polar surface area (TPSA) is 97.0 Å². The van der Waals surface area contributed by atoms with Crippen LogP contribution in [0.5, 0.6) is 0 Å². The Kier molecular flexibility index (Phi) is 7.15. The fraction of sp³-hybridized carbons (Fsp3) is 0.304. The number of piperazine rings is 1. The van der Waals surface area contributed by atoms with Gasteiger partial charge in [0.25, 0.3) is 11.6 Å². The van der Waals surface area contributed by atoms with E-state index in [-0.39, 0.29) is 17.5 Å². The molecule has 1 heterocycles. The first-order valence-corrected chi connectivity index (χ1v) is 10.2. The Labute approximate surface area is 181 Å². The third kappa shape index (κ3) is 5.99. The highest BCUT2D eigenvalue weighted by atomic mass is 16.6. The molecule has 2 amide bonds. The number of para-hydroxylation sites is 1. The molecule has 0 saturated carbocycles. The predicted octanol–water partition coefficient (Wildman–Crippen LogP) is 1.59. The average molecular weight is 423 g/mol. The van der Waals surface area contributed by atoms with Crippen molar-refractivity contribution in [1.82, 2.24) is 4.90 Å². The SMILES string of the molecule is Cc1cccc(C)c1NC(=O)C[NH+]1CCN(C(=O)/C=C/c2ccc([N+](=O)[O-])cc2)CC1. The molecule has 1 aliphatic heterocycles. The minimum Gasteiger partial charge on any atom is -0.328 e. The molecule has 0 aromatic heterocycles. The van der Waals surface area contributed by atoms with Crippen LogP contribution in [0.25, 0.3) is 6.08 Å². The van der Waals surface area contributed by atoms with Gasteiger partial charge in [-0.2, -0.15) is 0 Å². The highest BCUT2D eigenvalue weighted by Crippen LogP contribution is 2.19. The number of quaternary nitrogens is 1. The lowest BCUT2D eigenvalue weighted by Gasteiger charge is -2.31. The standard InChI is InChI=1S/C23H26N4O4/c1-17-4-3-5-18(2)23(17)24-21(28)16-25-12-14-26(15-13-25)22(29)11-8-19-6-9-20(10-7-19)27(30)31/h3-11H,12-16H2,1-2H3,(H,24,28)/p+1/b11-8+. The minimum absolute atomic E-state index is 0.0178. The van der Waals surface area contributed by atoms with Gasteiger partial charge in [-0.15, -0.1) is 0 Å². The molecule has 0 aliphatic carbocycles. The van der Waals surface area contributed by atoms with Crippen LogP contribution in [0.4, 0.5) is 11.4 Å². The van der Waals surface area contributed by atoms with Gasteiger partial charge in [-0.05, 0) is 48.7 Å². The number of non-ortho nitro benzene ring substituents is 1. The number of carbonyl (C=O) groups excluding carboxylic acids is 2. The van der Waals surface area contributed by atoms with Crippen LogP contribution >= 0.6 is 0 Å². The van der Waals surface area contributed by atoms with Crippen LogP contribution in [0.1, 0.15) is 16.7 Å². The van der Waals surface area contributed by atoms with Gasteiger partial charge in [-0.3, -0.25) is 19.7 Å². The quantitative estimate of drug-likeness (QED) is 0.419. The van der Waals surface area contributed by atoms with Crippen molar-refractivity contribution in [2.24, 2.45) is 0 Å². The first kappa shape index (κ1) is 22.2. The first-order chi connectivity index (χ1) is 14.8. The van der Waals surface area contributed by atoms with Crippen LogP contribution in [-0.4, -0.2) is 54.4 Å². The van der Waals surface area contributed by atoms with E-state index in [0.29, 0.717) is 32.7 Å². The third-order valence-corrected chi connectivity index (χ3v) is 5.46. The highest BCUT2D eigenvalue weighted by Gasteiger charge is 2.24. The van der Waals surface area contributed by atoms with Gasteiger partial charge in [-0.1, -0.05) is 18.2 Å². The van der Waals surface area contributed by atoms with Crippen molar-refractivity contribution >= 4 is 29.3 Å². The number of rotatable bonds is 6. The molecule has 3 rings (SSSR count). The van der Waals surface area contributed by atoms with Crippen molar-refractivity contribution in [3.8, 4) is 0 Å². The molecule has 0 spiro atoms. The van der Waals surface area contributed by atoms with E-state index in [2.05, 4.69) is 5.32 Å². The lowest BCUT2D eigenvalue weighted by Crippen LogP contribution is -3.15. The van der Waals surface area contributed by atoms with Crippen molar-refractivity contribution in [3.05, 3.63) is 75.3 Å². The maximum atomic E-state index is 12.5. The van der Waals surface area contributed by atoms with Gasteiger partial charge < -0.3 is 15.1 Å². The molecule has 1 aliphatic rings. The predicted molar refractivity (Wildman–Crippen MR) is 119 cm³/mol. The molecule has 2 aromatic rings. The zero-order valence-electron chi connectivity index (χ0n) is 17.8. The second-order valence-electron chi connectivity index (χ2n) is 7.75. The molecule has 8 nitrogen and oxygen atoms in total. The van der Waals surface area contributed by atoms with E-state index in [1.54, 1.807) is 23.1 Å². The number of benzene rings is 2. The summed E-state index contributed by atoms with van der Waals surface area (Å²) in [5.74, 6) is -0.123. The number of nitro groups is 1. The Morgan fingerprint density at radius 2 is 1.71 bits per heavy atom. The highest BCUT2D eigenvalue weighted by molar-refractivity contribution is 5.93. The third-order valence-electron chi connectivity index (χ3n) is 5.46. The van der Waals surface area contributed by atoms with E-state index in [0.717, 1.165) is 27.3 Å². The number of nitrogens with zero attached hydrogens (tertiary/aromatic N) is 2. The van der Waals surface area contributed by atoms with Crippen molar-refractivity contribution < 1.29 is 19.4 Å². The van der Waals surface area contributed by atoms with Crippen LogP contribution < -0.4 is 10.2 Å². The largest absolute Gasteiger partial charge is 0.328 e. The Bertz CT molecular complexity index is 973. The zero-order chi connectivity index (χ0) is 22.4. The van der Waals surface area contributed by atoms with E-state index < -0.39 is 4.92 Å². The Hall–Kier alpha value is -3.52. The summed E-state index contributed by atoms with van der Waals surface area (Å²) in [4.78, 5) is 38.0. The molecule has 0 atom stereocenters. The second-order valence-corrected chi connectivity index (χ2v) is 7.75. The smallest absolute Gasteiger partial charge is 0.279 e. The summed E-state index contributed by atoms with van der Waals surface area (Å²) in [5.41, 5.74) is 3.70. The van der Waals surface area contributed by atoms with Gasteiger partial charge in [0, 0.05) is 23.9 Å². The average Bonchev–Trinajstić information content (AvgIpc) is 2.75. The Morgan fingerprint density at radius 1 is 1.10 bits per heavy atom. The number of hydrogen-bond acceptors (Lipinski definition) is 4. The molecule has 0 bridgehead atoms. The van der Waals surface area contributed by atoms with E-state index >= 15 is 0 Å². The molecule has 2 aromatic carbocycles. The van der Waals surface area contributed by atoms with Crippen molar-refractivity contribution in [3.63, 3.8) is 0 Å². The number of nitro benzene ring substituents is 1. The number of hydrogen-bond donors (Lipinski definition) is 2. The number of nitrogens with one attached hydrogen (secondary N) is 2. The van der Waals surface area contributed by atoms with Crippen LogP contribution in [0, 0.1) is 24.0 Å². The summed E-state index contributed by atoms with van der Waals surface area (Å²) < 4.78 is 0. The minimum atomic E-state index is -0.455. The molecular formula is C23H27N4O4+. The monoisotopic (exact) mass is 423 g/mol. The maximum absolute atomic E-state index is 12.5. The Balaban J connectivity index is 1.47. The van der Waals surface area contributed by atoms with Crippen molar-refractivity contribution in [1.29, 1.82) is 0 Å². The van der Waals surface area contributed by atoms with Gasteiger partial charge in [0.2, 0.25) is 5.91 Å². The molecule has 0 unspecified atom stereocenters. The summed E-state index contributed by atoms with van der Waals surface area (Å²) in [6.45, 7) is 6.89. The van der Waals surface area contributed by atoms with Gasteiger partial charge >= 0.3 is 0 Å². The molecule has 0 radical (unpaired) electrons. The van der Waals surface area contributed by atoms with Gasteiger partial charge in [-0.25, -0.2) is 0 Å².